The van der Waals surface area contributed by atoms with Crippen molar-refractivity contribution in [2.24, 2.45) is 17.4 Å². The van der Waals surface area contributed by atoms with Crippen molar-refractivity contribution in [3.05, 3.63) is 0 Å². The summed E-state index contributed by atoms with van der Waals surface area (Å²) in [5, 5.41) is 5.26. The molecule has 0 aromatic heterocycles. The fraction of sp³-hybridized carbons (Fsp3) is 0.786. The van der Waals surface area contributed by atoms with Crippen molar-refractivity contribution in [2.75, 3.05) is 12.3 Å². The van der Waals surface area contributed by atoms with Gasteiger partial charge in [-0.1, -0.05) is 20.3 Å². The van der Waals surface area contributed by atoms with E-state index in [0.717, 1.165) is 6.42 Å². The lowest BCUT2D eigenvalue weighted by Gasteiger charge is -2.25. The zero-order chi connectivity index (χ0) is 17.1. The summed E-state index contributed by atoms with van der Waals surface area (Å²) in [6.45, 7) is 4.30. The maximum Gasteiger partial charge on any atom is 0.243 e. The van der Waals surface area contributed by atoms with Gasteiger partial charge in [0.05, 0.1) is 5.75 Å². The number of nitrogens with two attached hydrogens (primary N) is 2. The second kappa shape index (κ2) is 11.3. The van der Waals surface area contributed by atoms with Gasteiger partial charge in [0.25, 0.3) is 0 Å². The van der Waals surface area contributed by atoms with Crippen molar-refractivity contribution in [1.29, 1.82) is 0 Å². The number of primary amides is 1. The molecule has 0 aliphatic rings. The SMILES string of the molecule is CC[C@@H](C)[C@H](NC(=O)CS)C(=O)N[C@@H](CCCCN)C(N)=O. The van der Waals surface area contributed by atoms with E-state index >= 15 is 0 Å². The number of thiol groups is 1. The molecule has 0 unspecified atom stereocenters. The minimum Gasteiger partial charge on any atom is -0.368 e. The highest BCUT2D eigenvalue weighted by Crippen LogP contribution is 2.09. The highest BCUT2D eigenvalue weighted by molar-refractivity contribution is 7.81. The molecule has 0 aliphatic carbocycles. The van der Waals surface area contributed by atoms with Gasteiger partial charge in [0.15, 0.2) is 0 Å². The van der Waals surface area contributed by atoms with E-state index in [1.807, 2.05) is 13.8 Å². The summed E-state index contributed by atoms with van der Waals surface area (Å²) in [7, 11) is 0. The summed E-state index contributed by atoms with van der Waals surface area (Å²) in [4.78, 5) is 35.3. The first-order valence-electron chi connectivity index (χ1n) is 7.57. The van der Waals surface area contributed by atoms with Crippen LogP contribution in [0.5, 0.6) is 0 Å². The van der Waals surface area contributed by atoms with Gasteiger partial charge in [-0.15, -0.1) is 0 Å². The van der Waals surface area contributed by atoms with Gasteiger partial charge in [0.1, 0.15) is 12.1 Å². The Kier molecular flexibility index (Phi) is 10.7. The quantitative estimate of drug-likeness (QED) is 0.259. The second-order valence-electron chi connectivity index (χ2n) is 5.34. The molecular formula is C14H28N4O3S. The number of hydrogen-bond acceptors (Lipinski definition) is 5. The van der Waals surface area contributed by atoms with Crippen LogP contribution in [0.25, 0.3) is 0 Å². The van der Waals surface area contributed by atoms with E-state index in [2.05, 4.69) is 23.3 Å². The summed E-state index contributed by atoms with van der Waals surface area (Å²) in [5.74, 6) is -1.39. The first-order chi connectivity index (χ1) is 10.4. The van der Waals surface area contributed by atoms with Crippen LogP contribution in [0.2, 0.25) is 0 Å². The molecular weight excluding hydrogens is 304 g/mol. The third kappa shape index (κ3) is 7.65. The second-order valence-corrected chi connectivity index (χ2v) is 5.65. The normalized spacial score (nSPS) is 14.7. The minimum atomic E-state index is -0.751. The number of carbonyl (C=O) groups excluding carboxylic acids is 3. The highest BCUT2D eigenvalue weighted by atomic mass is 32.1. The average molecular weight is 332 g/mol. The van der Waals surface area contributed by atoms with Crippen molar-refractivity contribution < 1.29 is 14.4 Å². The molecule has 128 valence electrons. The van der Waals surface area contributed by atoms with E-state index in [1.54, 1.807) is 0 Å². The average Bonchev–Trinajstić information content (AvgIpc) is 2.50. The van der Waals surface area contributed by atoms with Gasteiger partial charge in [0.2, 0.25) is 17.7 Å². The number of amides is 3. The van der Waals surface area contributed by atoms with Crippen LogP contribution in [0.3, 0.4) is 0 Å². The Bertz CT molecular complexity index is 379. The fourth-order valence-electron chi connectivity index (χ4n) is 1.96. The monoisotopic (exact) mass is 332 g/mol. The van der Waals surface area contributed by atoms with Gasteiger partial charge in [0, 0.05) is 0 Å². The van der Waals surface area contributed by atoms with Gasteiger partial charge in [-0.2, -0.15) is 12.6 Å². The third-order valence-corrected chi connectivity index (χ3v) is 3.85. The molecule has 0 aromatic carbocycles. The smallest absolute Gasteiger partial charge is 0.243 e. The van der Waals surface area contributed by atoms with E-state index in [-0.39, 0.29) is 17.6 Å². The maximum absolute atomic E-state index is 12.4. The summed E-state index contributed by atoms with van der Waals surface area (Å²) >= 11 is 3.89. The predicted octanol–water partition coefficient (Wildman–Crippen LogP) is -0.454. The molecule has 0 heterocycles. The zero-order valence-corrected chi connectivity index (χ0v) is 14.2. The van der Waals surface area contributed by atoms with E-state index in [4.69, 9.17) is 11.5 Å². The van der Waals surface area contributed by atoms with E-state index in [9.17, 15) is 14.4 Å². The molecule has 6 N–H and O–H groups in total. The first-order valence-corrected chi connectivity index (χ1v) is 8.20. The van der Waals surface area contributed by atoms with Gasteiger partial charge < -0.3 is 22.1 Å². The molecule has 0 aliphatic heterocycles. The molecule has 0 saturated heterocycles. The molecule has 0 bridgehead atoms. The molecule has 22 heavy (non-hydrogen) atoms. The Morgan fingerprint density at radius 2 is 1.82 bits per heavy atom. The highest BCUT2D eigenvalue weighted by Gasteiger charge is 2.28. The Balaban J connectivity index is 4.80. The van der Waals surface area contributed by atoms with Crippen LogP contribution in [0.1, 0.15) is 39.5 Å². The Morgan fingerprint density at radius 3 is 2.27 bits per heavy atom. The van der Waals surface area contributed by atoms with Crippen LogP contribution >= 0.6 is 12.6 Å². The lowest BCUT2D eigenvalue weighted by molar-refractivity contribution is -0.132. The zero-order valence-electron chi connectivity index (χ0n) is 13.3. The first kappa shape index (κ1) is 20.7. The molecule has 3 atom stereocenters. The molecule has 8 heteroatoms. The predicted molar refractivity (Wildman–Crippen MR) is 89.3 cm³/mol. The van der Waals surface area contributed by atoms with Crippen molar-refractivity contribution in [3.8, 4) is 0 Å². The number of rotatable bonds is 11. The topological polar surface area (TPSA) is 127 Å². The number of unbranched alkanes of at least 4 members (excludes halogenated alkanes) is 1. The lowest BCUT2D eigenvalue weighted by Crippen LogP contribution is -2.55. The fourth-order valence-corrected chi connectivity index (χ4v) is 2.05. The number of carbonyl (C=O) groups is 3. The van der Waals surface area contributed by atoms with Crippen molar-refractivity contribution in [1.82, 2.24) is 10.6 Å². The molecule has 0 spiro atoms. The van der Waals surface area contributed by atoms with E-state index in [1.165, 1.54) is 0 Å². The Hall–Kier alpha value is -1.28. The van der Waals surface area contributed by atoms with Crippen molar-refractivity contribution >= 4 is 30.4 Å². The number of nitrogens with one attached hydrogen (secondary N) is 2. The van der Waals surface area contributed by atoms with Crippen molar-refractivity contribution in [3.63, 3.8) is 0 Å². The molecule has 0 saturated carbocycles. The lowest BCUT2D eigenvalue weighted by atomic mass is 9.97. The molecule has 0 fully saturated rings. The molecule has 0 radical (unpaired) electrons. The van der Waals surface area contributed by atoms with Crippen LogP contribution in [0.15, 0.2) is 0 Å². The molecule has 7 nitrogen and oxygen atoms in total. The molecule has 3 amide bonds. The van der Waals surface area contributed by atoms with Gasteiger partial charge in [-0.3, -0.25) is 14.4 Å². The minimum absolute atomic E-state index is 0.00401. The summed E-state index contributed by atoms with van der Waals surface area (Å²) in [6, 6.07) is -1.46. The van der Waals surface area contributed by atoms with E-state index in [0.29, 0.717) is 25.8 Å². The largest absolute Gasteiger partial charge is 0.368 e. The summed E-state index contributed by atoms with van der Waals surface area (Å²) < 4.78 is 0. The van der Waals surface area contributed by atoms with Crippen LogP contribution in [0.4, 0.5) is 0 Å². The summed E-state index contributed by atoms with van der Waals surface area (Å²) in [5.41, 5.74) is 10.7. The third-order valence-electron chi connectivity index (χ3n) is 3.56. The summed E-state index contributed by atoms with van der Waals surface area (Å²) in [6.07, 6.45) is 2.59. The van der Waals surface area contributed by atoms with Crippen molar-refractivity contribution in [2.45, 2.75) is 51.6 Å². The van der Waals surface area contributed by atoms with Gasteiger partial charge >= 0.3 is 0 Å². The molecule has 0 rings (SSSR count). The van der Waals surface area contributed by atoms with Crippen LogP contribution in [-0.2, 0) is 14.4 Å². The van der Waals surface area contributed by atoms with Crippen LogP contribution < -0.4 is 22.1 Å². The van der Waals surface area contributed by atoms with Gasteiger partial charge in [-0.05, 0) is 31.7 Å². The molecule has 0 aromatic rings. The van der Waals surface area contributed by atoms with Crippen LogP contribution in [-0.4, -0.2) is 42.1 Å². The van der Waals surface area contributed by atoms with E-state index < -0.39 is 23.9 Å². The Labute approximate surface area is 137 Å². The van der Waals surface area contributed by atoms with Gasteiger partial charge in [-0.25, -0.2) is 0 Å². The standard InChI is InChI=1S/C14H28N4O3S/c1-3-9(2)12(18-11(19)8-22)14(21)17-10(13(16)20)6-4-5-7-15/h9-10,12,22H,3-8,15H2,1-2H3,(H2,16,20)(H,17,21)(H,18,19)/t9-,10+,12+/m1/s1. The maximum atomic E-state index is 12.4. The van der Waals surface area contributed by atoms with Crippen LogP contribution in [0, 0.1) is 5.92 Å². The number of hydrogen-bond donors (Lipinski definition) is 5. The Morgan fingerprint density at radius 1 is 1.18 bits per heavy atom.